The third-order valence-electron chi connectivity index (χ3n) is 3.33. The molecule has 88 valence electrons. The Kier molecular flexibility index (Phi) is 3.12. The van der Waals surface area contributed by atoms with E-state index in [1.54, 1.807) is 12.1 Å². The highest BCUT2D eigenvalue weighted by Crippen LogP contribution is 2.31. The van der Waals surface area contributed by atoms with Gasteiger partial charge in [0.05, 0.1) is 12.3 Å². The zero-order valence-electron chi connectivity index (χ0n) is 9.53. The van der Waals surface area contributed by atoms with E-state index in [1.807, 2.05) is 6.92 Å². The highest BCUT2D eigenvalue weighted by atomic mass is 16.3. The van der Waals surface area contributed by atoms with Crippen molar-refractivity contribution in [2.24, 2.45) is 0 Å². The lowest BCUT2D eigenvalue weighted by atomic mass is 9.77. The van der Waals surface area contributed by atoms with Gasteiger partial charge in [-0.2, -0.15) is 0 Å². The standard InChI is InChI=1S/C12H18N2O2/c1-9-3-4-11(16)10(14-9)7-13-12(8-15)5-2-6-12/h3-4,13,15-16H,2,5-8H2,1H3. The Morgan fingerprint density at radius 3 is 2.75 bits per heavy atom. The van der Waals surface area contributed by atoms with Crippen molar-refractivity contribution in [3.05, 3.63) is 23.5 Å². The Bertz CT molecular complexity index is 370. The molecule has 0 spiro atoms. The zero-order valence-corrected chi connectivity index (χ0v) is 9.53. The maximum Gasteiger partial charge on any atom is 0.138 e. The number of aryl methyl sites for hydroxylation is 1. The number of aliphatic hydroxyl groups is 1. The Morgan fingerprint density at radius 1 is 1.44 bits per heavy atom. The van der Waals surface area contributed by atoms with E-state index in [1.165, 1.54) is 0 Å². The van der Waals surface area contributed by atoms with E-state index in [0.29, 0.717) is 12.2 Å². The van der Waals surface area contributed by atoms with Gasteiger partial charge in [-0.05, 0) is 38.3 Å². The molecule has 3 N–H and O–H groups in total. The summed E-state index contributed by atoms with van der Waals surface area (Å²) in [6.45, 7) is 2.56. The fraction of sp³-hybridized carbons (Fsp3) is 0.583. The van der Waals surface area contributed by atoms with E-state index < -0.39 is 0 Å². The normalized spacial score (nSPS) is 18.1. The molecule has 0 saturated heterocycles. The molecule has 1 aromatic heterocycles. The third-order valence-corrected chi connectivity index (χ3v) is 3.33. The molecule has 1 aliphatic rings. The Hall–Kier alpha value is -1.13. The molecule has 0 aliphatic heterocycles. The Labute approximate surface area is 95.3 Å². The molecule has 1 aromatic rings. The summed E-state index contributed by atoms with van der Waals surface area (Å²) in [4.78, 5) is 4.27. The molecule has 0 aromatic carbocycles. The molecule has 0 unspecified atom stereocenters. The van der Waals surface area contributed by atoms with Crippen LogP contribution in [0.5, 0.6) is 5.75 Å². The minimum absolute atomic E-state index is 0.141. The number of aliphatic hydroxyl groups excluding tert-OH is 1. The third kappa shape index (κ3) is 2.18. The number of aromatic hydroxyl groups is 1. The maximum absolute atomic E-state index is 9.63. The Morgan fingerprint density at radius 2 is 2.19 bits per heavy atom. The predicted molar refractivity (Wildman–Crippen MR) is 61.1 cm³/mol. The number of rotatable bonds is 4. The molecule has 4 heteroatoms. The van der Waals surface area contributed by atoms with Crippen molar-refractivity contribution in [2.75, 3.05) is 6.61 Å². The van der Waals surface area contributed by atoms with Gasteiger partial charge in [0, 0.05) is 17.8 Å². The van der Waals surface area contributed by atoms with Crippen LogP contribution in [0.4, 0.5) is 0 Å². The highest BCUT2D eigenvalue weighted by molar-refractivity contribution is 5.27. The van der Waals surface area contributed by atoms with Crippen LogP contribution < -0.4 is 5.32 Å². The summed E-state index contributed by atoms with van der Waals surface area (Å²) in [5.41, 5.74) is 1.40. The molecule has 1 heterocycles. The molecule has 4 nitrogen and oxygen atoms in total. The molecule has 1 saturated carbocycles. The van der Waals surface area contributed by atoms with Gasteiger partial charge in [0.15, 0.2) is 0 Å². The second kappa shape index (κ2) is 4.39. The summed E-state index contributed by atoms with van der Waals surface area (Å²) in [5.74, 6) is 0.213. The lowest BCUT2D eigenvalue weighted by Crippen LogP contribution is -2.53. The molecular weight excluding hydrogens is 204 g/mol. The fourth-order valence-electron chi connectivity index (χ4n) is 2.00. The van der Waals surface area contributed by atoms with Crippen molar-refractivity contribution in [1.82, 2.24) is 10.3 Å². The molecule has 0 amide bonds. The van der Waals surface area contributed by atoms with Crippen molar-refractivity contribution < 1.29 is 10.2 Å². The van der Waals surface area contributed by atoms with Crippen LogP contribution in [0.3, 0.4) is 0 Å². The van der Waals surface area contributed by atoms with Crippen LogP contribution in [0.25, 0.3) is 0 Å². The first kappa shape index (κ1) is 11.4. The van der Waals surface area contributed by atoms with Gasteiger partial charge < -0.3 is 15.5 Å². The van der Waals surface area contributed by atoms with Crippen molar-refractivity contribution in [1.29, 1.82) is 0 Å². The molecule has 16 heavy (non-hydrogen) atoms. The predicted octanol–water partition coefficient (Wildman–Crippen LogP) is 1.10. The van der Waals surface area contributed by atoms with Gasteiger partial charge in [-0.3, -0.25) is 4.98 Å². The Balaban J connectivity index is 2.01. The minimum atomic E-state index is -0.141. The smallest absolute Gasteiger partial charge is 0.138 e. The summed E-state index contributed by atoms with van der Waals surface area (Å²) in [6, 6.07) is 3.44. The summed E-state index contributed by atoms with van der Waals surface area (Å²) in [7, 11) is 0. The first-order valence-electron chi connectivity index (χ1n) is 5.67. The zero-order chi connectivity index (χ0) is 11.6. The molecule has 1 aliphatic carbocycles. The largest absolute Gasteiger partial charge is 0.506 e. The van der Waals surface area contributed by atoms with Gasteiger partial charge in [-0.15, -0.1) is 0 Å². The van der Waals surface area contributed by atoms with Gasteiger partial charge in [0.1, 0.15) is 5.75 Å². The quantitative estimate of drug-likeness (QED) is 0.713. The second-order valence-electron chi connectivity index (χ2n) is 4.56. The maximum atomic E-state index is 9.63. The molecule has 2 rings (SSSR count). The van der Waals surface area contributed by atoms with Crippen LogP contribution in [0.1, 0.15) is 30.7 Å². The number of nitrogens with zero attached hydrogens (tertiary/aromatic N) is 1. The first-order valence-corrected chi connectivity index (χ1v) is 5.67. The molecule has 0 bridgehead atoms. The van der Waals surface area contributed by atoms with Gasteiger partial charge in [-0.25, -0.2) is 0 Å². The van der Waals surface area contributed by atoms with E-state index in [2.05, 4.69) is 10.3 Å². The summed E-state index contributed by atoms with van der Waals surface area (Å²) < 4.78 is 0. The first-order chi connectivity index (χ1) is 7.65. The van der Waals surface area contributed by atoms with Crippen LogP contribution in [0.2, 0.25) is 0 Å². The van der Waals surface area contributed by atoms with E-state index in [0.717, 1.165) is 25.0 Å². The summed E-state index contributed by atoms with van der Waals surface area (Å²) in [5, 5.41) is 22.2. The molecule has 0 radical (unpaired) electrons. The lowest BCUT2D eigenvalue weighted by Gasteiger charge is -2.41. The van der Waals surface area contributed by atoms with E-state index >= 15 is 0 Å². The lowest BCUT2D eigenvalue weighted by molar-refractivity contribution is 0.0866. The van der Waals surface area contributed by atoms with Gasteiger partial charge >= 0.3 is 0 Å². The monoisotopic (exact) mass is 222 g/mol. The number of hydrogen-bond donors (Lipinski definition) is 3. The number of hydrogen-bond acceptors (Lipinski definition) is 4. The number of pyridine rings is 1. The average Bonchev–Trinajstić information content (AvgIpc) is 2.22. The average molecular weight is 222 g/mol. The van der Waals surface area contributed by atoms with Crippen LogP contribution in [0.15, 0.2) is 12.1 Å². The SMILES string of the molecule is Cc1ccc(O)c(CNC2(CO)CCC2)n1. The van der Waals surface area contributed by atoms with Gasteiger partial charge in [0.25, 0.3) is 0 Å². The van der Waals surface area contributed by atoms with Gasteiger partial charge in [0.2, 0.25) is 0 Å². The van der Waals surface area contributed by atoms with Crippen molar-refractivity contribution in [2.45, 2.75) is 38.3 Å². The number of aromatic nitrogens is 1. The van der Waals surface area contributed by atoms with Crippen LogP contribution in [0, 0.1) is 6.92 Å². The van der Waals surface area contributed by atoms with E-state index in [9.17, 15) is 10.2 Å². The summed E-state index contributed by atoms with van der Waals surface area (Å²) in [6.07, 6.45) is 3.15. The number of nitrogens with one attached hydrogen (secondary N) is 1. The van der Waals surface area contributed by atoms with Crippen LogP contribution >= 0.6 is 0 Å². The van der Waals surface area contributed by atoms with Crippen LogP contribution in [-0.4, -0.2) is 27.3 Å². The molecule has 1 fully saturated rings. The van der Waals surface area contributed by atoms with Crippen molar-refractivity contribution in [3.63, 3.8) is 0 Å². The van der Waals surface area contributed by atoms with Crippen molar-refractivity contribution in [3.8, 4) is 5.75 Å². The minimum Gasteiger partial charge on any atom is -0.506 e. The highest BCUT2D eigenvalue weighted by Gasteiger charge is 2.35. The second-order valence-corrected chi connectivity index (χ2v) is 4.56. The molecule has 0 atom stereocenters. The van der Waals surface area contributed by atoms with E-state index in [4.69, 9.17) is 0 Å². The van der Waals surface area contributed by atoms with Crippen molar-refractivity contribution >= 4 is 0 Å². The topological polar surface area (TPSA) is 65.4 Å². The molecular formula is C12H18N2O2. The van der Waals surface area contributed by atoms with E-state index in [-0.39, 0.29) is 17.9 Å². The summed E-state index contributed by atoms with van der Waals surface area (Å²) >= 11 is 0. The van der Waals surface area contributed by atoms with Crippen LogP contribution in [-0.2, 0) is 6.54 Å². The fourth-order valence-corrected chi connectivity index (χ4v) is 2.00. The van der Waals surface area contributed by atoms with Gasteiger partial charge in [-0.1, -0.05) is 0 Å².